The van der Waals surface area contributed by atoms with Gasteiger partial charge in [0, 0.05) is 10.8 Å². The van der Waals surface area contributed by atoms with Crippen LogP contribution >= 0.6 is 0 Å². The molecule has 2 heterocycles. The van der Waals surface area contributed by atoms with Gasteiger partial charge in [-0.2, -0.15) is 0 Å². The molecule has 2 atom stereocenters. The maximum absolute atomic E-state index is 6.27. The molecule has 0 amide bonds. The van der Waals surface area contributed by atoms with Crippen molar-refractivity contribution >= 4 is 34.0 Å². The second-order valence-corrected chi connectivity index (χ2v) is 7.21. The number of benzene rings is 2. The van der Waals surface area contributed by atoms with Gasteiger partial charge in [0.2, 0.25) is 0 Å². The third-order valence-corrected chi connectivity index (χ3v) is 5.19. The fourth-order valence-corrected chi connectivity index (χ4v) is 3.45. The molecule has 2 aromatic carbocycles. The molecular weight excluding hydrogens is 356 g/mol. The molecule has 0 saturated carbocycles. The Morgan fingerprint density at radius 3 is 1.52 bits per heavy atom. The first kappa shape index (κ1) is 19.0. The second kappa shape index (κ2) is 7.98. The molecule has 0 bridgehead atoms. The van der Waals surface area contributed by atoms with E-state index >= 15 is 0 Å². The number of ether oxygens (including phenoxy) is 1. The number of rotatable bonds is 6. The van der Waals surface area contributed by atoms with Crippen LogP contribution in [0.5, 0.6) is 0 Å². The zero-order chi connectivity index (χ0) is 20.4. The lowest BCUT2D eigenvalue weighted by atomic mass is 10.1. The Hall–Kier alpha value is -3.30. The molecule has 0 N–H and O–H groups in total. The Kier molecular flexibility index (Phi) is 5.24. The highest BCUT2D eigenvalue weighted by Gasteiger charge is 2.16. The second-order valence-electron chi connectivity index (χ2n) is 7.21. The van der Waals surface area contributed by atoms with E-state index in [1.54, 1.807) is 0 Å². The quantitative estimate of drug-likeness (QED) is 0.364. The van der Waals surface area contributed by atoms with E-state index in [1.807, 2.05) is 62.4 Å². The summed E-state index contributed by atoms with van der Waals surface area (Å²) in [4.78, 5) is 9.60. The van der Waals surface area contributed by atoms with Gasteiger partial charge in [0.05, 0.1) is 34.6 Å². The van der Waals surface area contributed by atoms with E-state index < -0.39 is 0 Å². The summed E-state index contributed by atoms with van der Waals surface area (Å²) in [5.41, 5.74) is 5.82. The van der Waals surface area contributed by atoms with Crippen molar-refractivity contribution in [3.8, 4) is 0 Å². The summed E-state index contributed by atoms with van der Waals surface area (Å²) >= 11 is 0. The van der Waals surface area contributed by atoms with Crippen LogP contribution in [-0.2, 0) is 4.74 Å². The van der Waals surface area contributed by atoms with Gasteiger partial charge < -0.3 is 4.74 Å². The zero-order valence-corrected chi connectivity index (χ0v) is 16.8. The average molecular weight is 380 g/mol. The van der Waals surface area contributed by atoms with Crippen LogP contribution in [0.25, 0.3) is 34.0 Å². The van der Waals surface area contributed by atoms with Crippen LogP contribution in [0.1, 0.15) is 48.6 Å². The normalized spacial score (nSPS) is 13.3. The van der Waals surface area contributed by atoms with Crippen molar-refractivity contribution in [1.29, 1.82) is 0 Å². The smallest absolute Gasteiger partial charge is 0.0975 e. The summed E-state index contributed by atoms with van der Waals surface area (Å²) < 4.78 is 6.27. The summed E-state index contributed by atoms with van der Waals surface area (Å²) in [7, 11) is 0. The van der Waals surface area contributed by atoms with Crippen LogP contribution in [0.15, 0.2) is 73.8 Å². The van der Waals surface area contributed by atoms with Crippen LogP contribution in [0.3, 0.4) is 0 Å². The van der Waals surface area contributed by atoms with Gasteiger partial charge in [-0.3, -0.25) is 9.97 Å². The maximum Gasteiger partial charge on any atom is 0.0975 e. The first-order chi connectivity index (χ1) is 14.1. The highest BCUT2D eigenvalue weighted by atomic mass is 16.5. The van der Waals surface area contributed by atoms with Gasteiger partial charge in [0.25, 0.3) is 0 Å². The van der Waals surface area contributed by atoms with Gasteiger partial charge in [-0.25, -0.2) is 0 Å². The van der Waals surface area contributed by atoms with Crippen molar-refractivity contribution in [2.45, 2.75) is 26.1 Å². The Morgan fingerprint density at radius 1 is 0.690 bits per heavy atom. The van der Waals surface area contributed by atoms with E-state index in [1.165, 1.54) is 0 Å². The molecule has 29 heavy (non-hydrogen) atoms. The van der Waals surface area contributed by atoms with Crippen LogP contribution in [0.2, 0.25) is 0 Å². The Morgan fingerprint density at radius 2 is 1.10 bits per heavy atom. The molecule has 0 fully saturated rings. The van der Waals surface area contributed by atoms with E-state index in [2.05, 4.69) is 37.4 Å². The fourth-order valence-electron chi connectivity index (χ4n) is 3.45. The number of fused-ring (bicyclic) bond motifs is 2. The summed E-state index contributed by atoms with van der Waals surface area (Å²) in [6, 6.07) is 20.5. The van der Waals surface area contributed by atoms with Crippen molar-refractivity contribution in [2.75, 3.05) is 0 Å². The molecule has 2 aromatic heterocycles. The molecule has 3 heteroatoms. The minimum Gasteiger partial charge on any atom is -0.363 e. The van der Waals surface area contributed by atoms with Gasteiger partial charge in [-0.15, -0.1) is 0 Å². The minimum atomic E-state index is -0.154. The highest BCUT2D eigenvalue weighted by Crippen LogP contribution is 2.27. The Labute approximate surface area is 171 Å². The van der Waals surface area contributed by atoms with Gasteiger partial charge in [-0.1, -0.05) is 61.7 Å². The summed E-state index contributed by atoms with van der Waals surface area (Å²) in [5.74, 6) is 0. The van der Waals surface area contributed by atoms with Crippen molar-refractivity contribution in [1.82, 2.24) is 9.97 Å². The minimum absolute atomic E-state index is 0.154. The molecule has 144 valence electrons. The van der Waals surface area contributed by atoms with E-state index in [9.17, 15) is 0 Å². The molecule has 0 aliphatic carbocycles. The first-order valence-corrected chi connectivity index (χ1v) is 9.79. The standard InChI is InChI=1S/C26H24N2O/c1-5-19-7-9-21-11-13-23(27-25(21)15-19)17(3)29-18(4)24-14-12-22-10-8-20(6-2)16-26(22)28-24/h5-18H,1-2H2,3-4H3/t17-,18-/m1/s1. The SMILES string of the molecule is C=Cc1ccc2ccc([C@@H](C)O[C@H](C)c3ccc4ccc(C=C)cc4n3)nc2c1. The third-order valence-electron chi connectivity index (χ3n) is 5.19. The molecule has 0 spiro atoms. The number of pyridine rings is 2. The summed E-state index contributed by atoms with van der Waals surface area (Å²) in [6.07, 6.45) is 3.36. The molecule has 0 unspecified atom stereocenters. The molecule has 4 rings (SSSR count). The Bertz CT molecular complexity index is 1120. The van der Waals surface area contributed by atoms with Gasteiger partial charge in [0.1, 0.15) is 0 Å². The van der Waals surface area contributed by atoms with Crippen LogP contribution in [0.4, 0.5) is 0 Å². The topological polar surface area (TPSA) is 35.0 Å². The van der Waals surface area contributed by atoms with Gasteiger partial charge in [-0.05, 0) is 49.2 Å². The van der Waals surface area contributed by atoms with Crippen molar-refractivity contribution in [2.24, 2.45) is 0 Å². The van der Waals surface area contributed by atoms with Crippen molar-refractivity contribution in [3.63, 3.8) is 0 Å². The van der Waals surface area contributed by atoms with Crippen molar-refractivity contribution < 1.29 is 4.74 Å². The lowest BCUT2D eigenvalue weighted by Gasteiger charge is -2.19. The summed E-state index contributed by atoms with van der Waals surface area (Å²) in [5, 5.41) is 2.21. The monoisotopic (exact) mass is 380 g/mol. The number of hydrogen-bond donors (Lipinski definition) is 0. The number of hydrogen-bond acceptors (Lipinski definition) is 3. The molecule has 0 radical (unpaired) electrons. The molecule has 0 aliphatic heterocycles. The van der Waals surface area contributed by atoms with Gasteiger partial charge in [0.15, 0.2) is 0 Å². The molecule has 3 nitrogen and oxygen atoms in total. The summed E-state index contributed by atoms with van der Waals surface area (Å²) in [6.45, 7) is 11.7. The van der Waals surface area contributed by atoms with Crippen LogP contribution < -0.4 is 0 Å². The fraction of sp³-hybridized carbons (Fsp3) is 0.154. The number of aromatic nitrogens is 2. The van der Waals surface area contributed by atoms with E-state index in [0.29, 0.717) is 0 Å². The largest absolute Gasteiger partial charge is 0.363 e. The van der Waals surface area contributed by atoms with Crippen LogP contribution in [-0.4, -0.2) is 9.97 Å². The molecule has 0 saturated heterocycles. The van der Waals surface area contributed by atoms with Crippen LogP contribution in [0, 0.1) is 0 Å². The Balaban J connectivity index is 1.58. The first-order valence-electron chi connectivity index (χ1n) is 9.79. The lowest BCUT2D eigenvalue weighted by Crippen LogP contribution is -2.08. The van der Waals surface area contributed by atoms with E-state index in [-0.39, 0.29) is 12.2 Å². The molecular formula is C26H24N2O. The number of nitrogens with zero attached hydrogens (tertiary/aromatic N) is 2. The predicted molar refractivity (Wildman–Crippen MR) is 122 cm³/mol. The highest BCUT2D eigenvalue weighted by molar-refractivity contribution is 5.82. The predicted octanol–water partition coefficient (Wildman–Crippen LogP) is 6.91. The average Bonchev–Trinajstić information content (AvgIpc) is 2.77. The molecule has 4 aromatic rings. The molecule has 0 aliphatic rings. The zero-order valence-electron chi connectivity index (χ0n) is 16.8. The van der Waals surface area contributed by atoms with E-state index in [0.717, 1.165) is 44.3 Å². The maximum atomic E-state index is 6.27. The van der Waals surface area contributed by atoms with E-state index in [4.69, 9.17) is 14.7 Å². The lowest BCUT2D eigenvalue weighted by molar-refractivity contribution is 0.00163. The van der Waals surface area contributed by atoms with Crippen molar-refractivity contribution in [3.05, 3.63) is 96.3 Å². The van der Waals surface area contributed by atoms with Gasteiger partial charge >= 0.3 is 0 Å². The third kappa shape index (κ3) is 3.96.